The molecule has 2 aromatic heterocycles. The average Bonchev–Trinajstić information content (AvgIpc) is 3.09. The van der Waals surface area contributed by atoms with Crippen LogP contribution in [0.25, 0.3) is 16.9 Å². The summed E-state index contributed by atoms with van der Waals surface area (Å²) in [7, 11) is 3.09. The summed E-state index contributed by atoms with van der Waals surface area (Å²) in [6.45, 7) is 5.13. The molecule has 0 saturated carbocycles. The number of aromatic nitrogens is 2. The molecule has 1 atom stereocenters. The van der Waals surface area contributed by atoms with Gasteiger partial charge in [0.2, 0.25) is 0 Å². The maximum absolute atomic E-state index is 12.2. The van der Waals surface area contributed by atoms with Crippen LogP contribution in [-0.4, -0.2) is 52.4 Å². The number of nitrogens with one attached hydrogen (secondary N) is 1. The van der Waals surface area contributed by atoms with Crippen molar-refractivity contribution in [3.63, 3.8) is 0 Å². The summed E-state index contributed by atoms with van der Waals surface area (Å²) < 4.78 is 17.7. The molecule has 9 nitrogen and oxygen atoms in total. The summed E-state index contributed by atoms with van der Waals surface area (Å²) in [5.74, 6) is -0.0914. The third kappa shape index (κ3) is 5.11. The number of amides is 1. The van der Waals surface area contributed by atoms with Gasteiger partial charge in [-0.3, -0.25) is 0 Å². The number of ether oxygens (including phenoxy) is 3. The number of nitrogens with zero attached hydrogens (tertiary/aromatic N) is 2. The number of pyridine rings is 1. The molecule has 2 N–H and O–H groups in total. The van der Waals surface area contributed by atoms with Crippen molar-refractivity contribution in [1.29, 1.82) is 0 Å². The lowest BCUT2D eigenvalue weighted by molar-refractivity contribution is -0.139. The highest BCUT2D eigenvalue weighted by molar-refractivity contribution is 5.81. The van der Waals surface area contributed by atoms with Crippen LogP contribution >= 0.6 is 0 Å². The number of benzene rings is 1. The fourth-order valence-corrected chi connectivity index (χ4v) is 3.30. The predicted molar refractivity (Wildman–Crippen MR) is 118 cm³/mol. The number of carboxylic acids is 1. The van der Waals surface area contributed by atoms with Crippen LogP contribution in [0.15, 0.2) is 42.6 Å². The second-order valence-electron chi connectivity index (χ2n) is 8.15. The Kier molecular flexibility index (Phi) is 6.57. The normalized spacial score (nSPS) is 12.3. The summed E-state index contributed by atoms with van der Waals surface area (Å²) in [6.07, 6.45) is 0.990. The van der Waals surface area contributed by atoms with E-state index in [4.69, 9.17) is 19.2 Å². The van der Waals surface area contributed by atoms with Crippen molar-refractivity contribution in [2.24, 2.45) is 0 Å². The first kappa shape index (κ1) is 22.9. The summed E-state index contributed by atoms with van der Waals surface area (Å²) in [6, 6.07) is 9.64. The lowest BCUT2D eigenvalue weighted by Gasteiger charge is -2.22. The number of methoxy groups -OCH3 is 2. The Morgan fingerprint density at radius 1 is 1.12 bits per heavy atom. The average molecular weight is 441 g/mol. The van der Waals surface area contributed by atoms with Crippen LogP contribution in [0.3, 0.4) is 0 Å². The Morgan fingerprint density at radius 3 is 2.47 bits per heavy atom. The van der Waals surface area contributed by atoms with E-state index in [1.807, 2.05) is 24.3 Å². The minimum atomic E-state index is -1.22. The molecule has 0 fully saturated rings. The summed E-state index contributed by atoms with van der Waals surface area (Å²) in [4.78, 5) is 28.9. The van der Waals surface area contributed by atoms with Gasteiger partial charge in [-0.2, -0.15) is 0 Å². The van der Waals surface area contributed by atoms with Crippen molar-refractivity contribution in [2.75, 3.05) is 14.2 Å². The van der Waals surface area contributed by atoms with Crippen LogP contribution in [0.2, 0.25) is 0 Å². The standard InChI is InChI=1S/C23H27N3O6/c1-23(2,3)32-22(29)24-15(21(27)28)13-16-20(25-19-8-6-7-11-26(16)19)14-9-10-17(30-4)18(12-14)31-5/h6-12,15H,13H2,1-5H3,(H,24,29)(H,27,28). The summed E-state index contributed by atoms with van der Waals surface area (Å²) >= 11 is 0. The van der Waals surface area contributed by atoms with Crippen LogP contribution in [0.4, 0.5) is 4.79 Å². The maximum Gasteiger partial charge on any atom is 0.408 e. The zero-order valence-electron chi connectivity index (χ0n) is 18.7. The number of alkyl carbamates (subject to hydrolysis) is 1. The van der Waals surface area contributed by atoms with E-state index in [1.54, 1.807) is 50.6 Å². The Hall–Kier alpha value is -3.75. The number of carboxylic acid groups (broad SMARTS) is 1. The van der Waals surface area contributed by atoms with Gasteiger partial charge in [0.1, 0.15) is 17.3 Å². The van der Waals surface area contributed by atoms with Gasteiger partial charge in [-0.1, -0.05) is 6.07 Å². The number of aliphatic carboxylic acids is 1. The van der Waals surface area contributed by atoms with E-state index >= 15 is 0 Å². The number of fused-ring (bicyclic) bond motifs is 1. The molecule has 3 aromatic rings. The number of imidazole rings is 1. The number of rotatable bonds is 7. The fourth-order valence-electron chi connectivity index (χ4n) is 3.30. The van der Waals surface area contributed by atoms with Gasteiger partial charge in [0, 0.05) is 18.2 Å². The van der Waals surface area contributed by atoms with Crippen LogP contribution in [0, 0.1) is 0 Å². The van der Waals surface area contributed by atoms with Gasteiger partial charge in [0.15, 0.2) is 11.5 Å². The van der Waals surface area contributed by atoms with E-state index in [0.29, 0.717) is 28.5 Å². The quantitative estimate of drug-likeness (QED) is 0.577. The number of hydrogen-bond donors (Lipinski definition) is 2. The topological polar surface area (TPSA) is 111 Å². The van der Waals surface area contributed by atoms with Gasteiger partial charge in [0.25, 0.3) is 0 Å². The first-order chi connectivity index (χ1) is 15.1. The van der Waals surface area contributed by atoms with Crippen molar-refractivity contribution in [2.45, 2.75) is 38.8 Å². The van der Waals surface area contributed by atoms with Gasteiger partial charge in [-0.05, 0) is 51.1 Å². The van der Waals surface area contributed by atoms with E-state index in [9.17, 15) is 14.7 Å². The molecule has 2 heterocycles. The van der Waals surface area contributed by atoms with Gasteiger partial charge < -0.3 is 29.0 Å². The molecule has 170 valence electrons. The van der Waals surface area contributed by atoms with Gasteiger partial charge in [0.05, 0.1) is 25.6 Å². The largest absolute Gasteiger partial charge is 0.493 e. The van der Waals surface area contributed by atoms with Gasteiger partial charge in [-0.25, -0.2) is 14.6 Å². The Morgan fingerprint density at radius 2 is 1.84 bits per heavy atom. The highest BCUT2D eigenvalue weighted by Gasteiger charge is 2.27. The smallest absolute Gasteiger partial charge is 0.408 e. The zero-order valence-corrected chi connectivity index (χ0v) is 18.7. The highest BCUT2D eigenvalue weighted by Crippen LogP contribution is 2.34. The van der Waals surface area contributed by atoms with Crippen LogP contribution in [0.1, 0.15) is 26.5 Å². The van der Waals surface area contributed by atoms with Crippen molar-refractivity contribution in [3.05, 3.63) is 48.3 Å². The monoisotopic (exact) mass is 441 g/mol. The molecule has 0 spiro atoms. The lowest BCUT2D eigenvalue weighted by atomic mass is 10.0. The molecule has 32 heavy (non-hydrogen) atoms. The first-order valence-corrected chi connectivity index (χ1v) is 10.0. The van der Waals surface area contributed by atoms with E-state index in [2.05, 4.69) is 5.32 Å². The van der Waals surface area contributed by atoms with Crippen LogP contribution < -0.4 is 14.8 Å². The van der Waals surface area contributed by atoms with Gasteiger partial charge >= 0.3 is 12.1 Å². The number of carbonyl (C=O) groups is 2. The molecule has 9 heteroatoms. The van der Waals surface area contributed by atoms with Crippen molar-refractivity contribution < 1.29 is 28.9 Å². The molecule has 0 saturated heterocycles. The van der Waals surface area contributed by atoms with E-state index in [1.165, 1.54) is 7.11 Å². The minimum absolute atomic E-state index is 0.0105. The van der Waals surface area contributed by atoms with Crippen molar-refractivity contribution >= 4 is 17.7 Å². The third-order valence-corrected chi connectivity index (χ3v) is 4.67. The Labute approximate surface area is 185 Å². The van der Waals surface area contributed by atoms with E-state index in [0.717, 1.165) is 5.56 Å². The summed E-state index contributed by atoms with van der Waals surface area (Å²) in [5.41, 5.74) is 1.82. The summed E-state index contributed by atoms with van der Waals surface area (Å²) in [5, 5.41) is 12.2. The number of carbonyl (C=O) groups excluding carboxylic acids is 1. The molecule has 0 aliphatic rings. The van der Waals surface area contributed by atoms with Crippen molar-refractivity contribution in [1.82, 2.24) is 14.7 Å². The fraction of sp³-hybridized carbons (Fsp3) is 0.348. The SMILES string of the molecule is COc1ccc(-c2nc3ccccn3c2CC(NC(=O)OC(C)(C)C)C(=O)O)cc1OC. The van der Waals surface area contributed by atoms with Crippen molar-refractivity contribution in [3.8, 4) is 22.8 Å². The minimum Gasteiger partial charge on any atom is -0.493 e. The van der Waals surface area contributed by atoms with E-state index < -0.39 is 23.7 Å². The van der Waals surface area contributed by atoms with Crippen LogP contribution in [-0.2, 0) is 16.0 Å². The molecule has 0 aliphatic carbocycles. The molecular formula is C23H27N3O6. The third-order valence-electron chi connectivity index (χ3n) is 4.67. The Bertz CT molecular complexity index is 1130. The lowest BCUT2D eigenvalue weighted by Crippen LogP contribution is -2.44. The van der Waals surface area contributed by atoms with E-state index in [-0.39, 0.29) is 6.42 Å². The second-order valence-corrected chi connectivity index (χ2v) is 8.15. The molecule has 1 aromatic carbocycles. The molecule has 1 unspecified atom stereocenters. The molecular weight excluding hydrogens is 414 g/mol. The molecule has 1 amide bonds. The van der Waals surface area contributed by atoms with Crippen LogP contribution in [0.5, 0.6) is 11.5 Å². The molecule has 0 radical (unpaired) electrons. The first-order valence-electron chi connectivity index (χ1n) is 10.0. The van der Waals surface area contributed by atoms with Gasteiger partial charge in [-0.15, -0.1) is 0 Å². The zero-order chi connectivity index (χ0) is 23.5. The Balaban J connectivity index is 2.03. The predicted octanol–water partition coefficient (Wildman–Crippen LogP) is 3.54. The maximum atomic E-state index is 12.2. The second kappa shape index (κ2) is 9.17. The highest BCUT2D eigenvalue weighted by atomic mass is 16.6. The molecule has 0 bridgehead atoms. The molecule has 3 rings (SSSR count). The molecule has 0 aliphatic heterocycles. The number of hydrogen-bond acceptors (Lipinski definition) is 6.